The molecule has 0 aliphatic carbocycles. The Morgan fingerprint density at radius 3 is 2.32 bits per heavy atom. The highest BCUT2D eigenvalue weighted by Crippen LogP contribution is 2.40. The lowest BCUT2D eigenvalue weighted by Gasteiger charge is -2.33. The van der Waals surface area contributed by atoms with Gasteiger partial charge in [-0.05, 0) is 72.4 Å². The summed E-state index contributed by atoms with van der Waals surface area (Å²) in [6, 6.07) is 15.8. The molecule has 5 rings (SSSR count). The first-order chi connectivity index (χ1) is 20.9. The highest BCUT2D eigenvalue weighted by atomic mass is 19.4. The van der Waals surface area contributed by atoms with Crippen LogP contribution >= 0.6 is 0 Å². The Kier molecular flexibility index (Phi) is 8.91. The second kappa shape index (κ2) is 12.7. The summed E-state index contributed by atoms with van der Waals surface area (Å²) in [6.45, 7) is 0.489. The van der Waals surface area contributed by atoms with Crippen molar-refractivity contribution in [2.75, 3.05) is 18.4 Å². The van der Waals surface area contributed by atoms with E-state index in [0.29, 0.717) is 36.6 Å². The van der Waals surface area contributed by atoms with Gasteiger partial charge in [0.25, 0.3) is 5.91 Å². The Labute approximate surface area is 248 Å². The fourth-order valence-corrected chi connectivity index (χ4v) is 5.35. The van der Waals surface area contributed by atoms with Gasteiger partial charge in [0.05, 0.1) is 29.4 Å². The van der Waals surface area contributed by atoms with Gasteiger partial charge in [-0.25, -0.2) is 0 Å². The maximum atomic E-state index is 14.2. The van der Waals surface area contributed by atoms with Crippen LogP contribution < -0.4 is 5.32 Å². The quantitative estimate of drug-likeness (QED) is 0.167. The summed E-state index contributed by atoms with van der Waals surface area (Å²) < 4.78 is 89.9. The minimum absolute atomic E-state index is 0.0529. The molecule has 1 fully saturated rings. The van der Waals surface area contributed by atoms with Crippen LogP contribution in [0, 0.1) is 0 Å². The zero-order valence-corrected chi connectivity index (χ0v) is 23.2. The van der Waals surface area contributed by atoms with Crippen molar-refractivity contribution < 1.29 is 40.7 Å². The highest BCUT2D eigenvalue weighted by Gasteiger charge is 2.41. The summed E-state index contributed by atoms with van der Waals surface area (Å²) in [6.07, 6.45) is -8.12. The van der Waals surface area contributed by atoms with E-state index in [0.717, 1.165) is 16.5 Å². The lowest BCUT2D eigenvalue weighted by Crippen LogP contribution is -2.41. The van der Waals surface area contributed by atoms with Crippen LogP contribution in [0.1, 0.15) is 51.0 Å². The van der Waals surface area contributed by atoms with E-state index in [1.807, 2.05) is 30.3 Å². The van der Waals surface area contributed by atoms with E-state index < -0.39 is 46.9 Å². The number of hydrogen-bond donors (Lipinski definition) is 1. The number of nitrogens with one attached hydrogen (secondary N) is 1. The number of carbonyl (C=O) groups excluding carboxylic acids is 2. The number of carbonyl (C=O) groups is 2. The molecule has 0 radical (unpaired) electrons. The summed E-state index contributed by atoms with van der Waals surface area (Å²) in [5, 5.41) is 3.34. The molecule has 12 heteroatoms. The molecule has 0 atom stereocenters. The van der Waals surface area contributed by atoms with E-state index in [1.54, 1.807) is 6.20 Å². The van der Waals surface area contributed by atoms with Gasteiger partial charge in [0.2, 0.25) is 6.41 Å². The van der Waals surface area contributed by atoms with Crippen LogP contribution in [0.25, 0.3) is 10.9 Å². The molecule has 1 N–H and O–H groups in total. The molecular formula is C32H27F6N3O3. The van der Waals surface area contributed by atoms with Gasteiger partial charge in [-0.2, -0.15) is 26.3 Å². The maximum absolute atomic E-state index is 14.2. The molecule has 1 saturated heterocycles. The van der Waals surface area contributed by atoms with Crippen molar-refractivity contribution >= 4 is 28.9 Å². The van der Waals surface area contributed by atoms with Gasteiger partial charge in [0, 0.05) is 35.9 Å². The van der Waals surface area contributed by atoms with Gasteiger partial charge >= 0.3 is 12.4 Å². The van der Waals surface area contributed by atoms with Crippen molar-refractivity contribution in [3.05, 3.63) is 106 Å². The third-order valence-corrected chi connectivity index (χ3v) is 7.62. The van der Waals surface area contributed by atoms with Gasteiger partial charge in [0.15, 0.2) is 0 Å². The summed E-state index contributed by atoms with van der Waals surface area (Å²) in [7, 11) is 0. The van der Waals surface area contributed by atoms with E-state index in [-0.39, 0.29) is 31.9 Å². The molecule has 44 heavy (non-hydrogen) atoms. The topological polar surface area (TPSA) is 71.5 Å². The van der Waals surface area contributed by atoms with Crippen molar-refractivity contribution in [2.24, 2.45) is 0 Å². The van der Waals surface area contributed by atoms with Crippen molar-refractivity contribution in [1.29, 1.82) is 0 Å². The lowest BCUT2D eigenvalue weighted by atomic mass is 9.90. The number of likely N-dealkylation sites (tertiary alicyclic amines) is 1. The first kappa shape index (κ1) is 31.0. The van der Waals surface area contributed by atoms with Crippen LogP contribution in [0.15, 0.2) is 72.9 Å². The summed E-state index contributed by atoms with van der Waals surface area (Å²) in [4.78, 5) is 29.9. The molecule has 1 aliphatic heterocycles. The van der Waals surface area contributed by atoms with Gasteiger partial charge in [-0.15, -0.1) is 0 Å². The number of ether oxygens (including phenoxy) is 1. The Balaban J connectivity index is 1.38. The van der Waals surface area contributed by atoms with E-state index in [4.69, 9.17) is 4.74 Å². The molecule has 2 heterocycles. The van der Waals surface area contributed by atoms with Crippen LogP contribution in [0.2, 0.25) is 0 Å². The minimum atomic E-state index is -5.15. The third kappa shape index (κ3) is 7.02. The Hall–Kier alpha value is -4.45. The number of amides is 2. The number of halogens is 6. The van der Waals surface area contributed by atoms with E-state index in [9.17, 15) is 35.9 Å². The lowest BCUT2D eigenvalue weighted by molar-refractivity contribution is -0.143. The number of fused-ring (bicyclic) bond motifs is 1. The second-order valence-electron chi connectivity index (χ2n) is 10.5. The number of nitrogens with zero attached hydrogens (tertiary/aromatic N) is 2. The zero-order valence-electron chi connectivity index (χ0n) is 23.2. The van der Waals surface area contributed by atoms with Crippen molar-refractivity contribution in [1.82, 2.24) is 9.88 Å². The predicted octanol–water partition coefficient (Wildman–Crippen LogP) is 7.25. The Bertz CT molecular complexity index is 1640. The molecule has 0 unspecified atom stereocenters. The first-order valence-electron chi connectivity index (χ1n) is 13.8. The number of piperidine rings is 1. The molecule has 0 saturated carbocycles. The SMILES string of the molecule is O=CNc1ccc(Cc2c(C(=O)N3CCC(OCc4ccnc5ccccc45)CC3)cc(C(F)(F)F)cc2C(F)(F)F)cc1. The van der Waals surface area contributed by atoms with Gasteiger partial charge < -0.3 is 15.0 Å². The smallest absolute Gasteiger partial charge is 0.373 e. The molecule has 3 aromatic carbocycles. The van der Waals surface area contributed by atoms with Crippen LogP contribution in [0.5, 0.6) is 0 Å². The number of hydrogen-bond acceptors (Lipinski definition) is 4. The second-order valence-corrected chi connectivity index (χ2v) is 10.5. The Morgan fingerprint density at radius 2 is 1.66 bits per heavy atom. The van der Waals surface area contributed by atoms with Crippen molar-refractivity contribution in [2.45, 2.75) is 44.3 Å². The average molecular weight is 616 g/mol. The molecule has 4 aromatic rings. The minimum Gasteiger partial charge on any atom is -0.373 e. The molecule has 1 aliphatic rings. The van der Waals surface area contributed by atoms with Crippen molar-refractivity contribution in [3.63, 3.8) is 0 Å². The molecular weight excluding hydrogens is 588 g/mol. The zero-order chi connectivity index (χ0) is 31.5. The van der Waals surface area contributed by atoms with Crippen LogP contribution in [0.3, 0.4) is 0 Å². The number of benzene rings is 3. The number of rotatable bonds is 8. The maximum Gasteiger partial charge on any atom is 0.416 e. The summed E-state index contributed by atoms with van der Waals surface area (Å²) in [5.74, 6) is -0.908. The number of pyridine rings is 1. The molecule has 230 valence electrons. The molecule has 2 amide bonds. The normalized spacial score (nSPS) is 14.5. The monoisotopic (exact) mass is 615 g/mol. The van der Waals surface area contributed by atoms with Crippen LogP contribution in [0.4, 0.5) is 32.0 Å². The molecule has 1 aromatic heterocycles. The molecule has 6 nitrogen and oxygen atoms in total. The van der Waals surface area contributed by atoms with Gasteiger partial charge in [-0.3, -0.25) is 14.6 Å². The largest absolute Gasteiger partial charge is 0.416 e. The number of para-hydroxylation sites is 1. The van der Waals surface area contributed by atoms with Crippen molar-refractivity contribution in [3.8, 4) is 0 Å². The number of aromatic nitrogens is 1. The summed E-state index contributed by atoms with van der Waals surface area (Å²) in [5.41, 5.74) is -1.82. The fraction of sp³-hybridized carbons (Fsp3) is 0.281. The Morgan fingerprint density at radius 1 is 0.955 bits per heavy atom. The average Bonchev–Trinajstić information content (AvgIpc) is 3.00. The van der Waals surface area contributed by atoms with Crippen LogP contribution in [-0.4, -0.2) is 41.4 Å². The summed E-state index contributed by atoms with van der Waals surface area (Å²) >= 11 is 0. The third-order valence-electron chi connectivity index (χ3n) is 7.62. The standard InChI is InChI=1S/C32H27F6N3O3/c33-31(34,35)22-16-27(26(28(17-22)32(36,37)38)15-20-5-7-23(8-6-20)40-19-42)30(43)41-13-10-24(11-14-41)44-18-21-9-12-39-29-4-2-1-3-25(21)29/h1-9,12,16-17,19,24H,10-11,13-15,18H2,(H,40,42). The van der Waals surface area contributed by atoms with E-state index in [1.165, 1.54) is 29.2 Å². The van der Waals surface area contributed by atoms with Gasteiger partial charge in [0.1, 0.15) is 0 Å². The molecule has 0 spiro atoms. The molecule has 0 bridgehead atoms. The number of anilines is 1. The fourth-order valence-electron chi connectivity index (χ4n) is 5.35. The van der Waals surface area contributed by atoms with E-state index >= 15 is 0 Å². The van der Waals surface area contributed by atoms with Gasteiger partial charge in [-0.1, -0.05) is 30.3 Å². The number of alkyl halides is 6. The van der Waals surface area contributed by atoms with E-state index in [2.05, 4.69) is 10.3 Å². The first-order valence-corrected chi connectivity index (χ1v) is 13.8. The van der Waals surface area contributed by atoms with Crippen LogP contribution in [-0.2, 0) is 34.9 Å². The predicted molar refractivity (Wildman–Crippen MR) is 151 cm³/mol. The highest BCUT2D eigenvalue weighted by molar-refractivity contribution is 5.96.